The van der Waals surface area contributed by atoms with Crippen molar-refractivity contribution in [3.8, 4) is 0 Å². The predicted molar refractivity (Wildman–Crippen MR) is 312 cm³/mol. The third-order valence-electron chi connectivity index (χ3n) is 13.1. The average molecular weight is 1040 g/mol. The molecule has 0 amide bonds. The summed E-state index contributed by atoms with van der Waals surface area (Å²) in [7, 11) is 3.66. The highest BCUT2D eigenvalue weighted by atomic mass is 16.6. The normalized spacial score (nSPS) is 12.3. The molecule has 0 spiro atoms. The van der Waals surface area contributed by atoms with Gasteiger partial charge in [-0.1, -0.05) is 209 Å². The molecule has 0 fully saturated rings. The van der Waals surface area contributed by atoms with E-state index in [0.29, 0.717) is 25.8 Å². The molecule has 0 bridgehead atoms. The van der Waals surface area contributed by atoms with E-state index >= 15 is 0 Å². The highest BCUT2D eigenvalue weighted by Gasteiger charge is 2.49. The third-order valence-corrected chi connectivity index (χ3v) is 13.1. The molecule has 0 radical (unpaired) electrons. The summed E-state index contributed by atoms with van der Waals surface area (Å²) >= 11 is 0. The molecule has 0 saturated carbocycles. The van der Waals surface area contributed by atoms with Crippen molar-refractivity contribution in [2.75, 3.05) is 40.5 Å². The van der Waals surface area contributed by atoms with Crippen LogP contribution < -0.4 is 0 Å². The topological polar surface area (TPSA) is 108 Å². The fourth-order valence-electron chi connectivity index (χ4n) is 8.41. The fraction of sp³-hybridized carbons (Fsp3) is 0.754. The summed E-state index contributed by atoms with van der Waals surface area (Å²) < 4.78 is 22.9. The molecule has 0 aromatic rings. The largest absolute Gasteiger partial charge is 0.466 e. The maximum atomic E-state index is 14.1. The van der Waals surface area contributed by atoms with Crippen LogP contribution in [0.25, 0.3) is 0 Å². The second kappa shape index (κ2) is 55.5. The minimum Gasteiger partial charge on any atom is -0.466 e. The van der Waals surface area contributed by atoms with Crippen molar-refractivity contribution in [1.29, 1.82) is 0 Å². The zero-order valence-electron chi connectivity index (χ0n) is 48.5. The molecule has 0 aliphatic heterocycles. The molecule has 9 nitrogen and oxygen atoms in total. The molecular weight excluding hydrogens is 923 g/mol. The first-order chi connectivity index (χ1) is 36.2. The molecular formula is C65H113NO8. The van der Waals surface area contributed by atoms with E-state index < -0.39 is 42.3 Å². The Balaban J connectivity index is 5.24. The predicted octanol–water partition coefficient (Wildman–Crippen LogP) is 18.1. The number of unbranched alkanes of at least 4 members (excludes halogenated alkanes) is 27. The standard InChI is InChI=1S/C65H113NO8/c1-6-9-12-15-18-21-24-27-30-33-36-39-42-45-48-51-56-71-62(68)59-65(74-61(67)54-55-66(4)5,64(70)73-58-53-50-47-44-41-38-35-32-29-26-23-20-17-14-11-8-3)60-63(69)72-57-52-49-46-43-40-37-34-31-28-25-22-19-16-13-10-7-2/h18-23,27-32H,6-17,24-26,33-60H2,1-5H3/b21-18-,22-19-,23-20-,30-27-,31-28-,32-29-. The Morgan fingerprint density at radius 2 is 0.635 bits per heavy atom. The zero-order chi connectivity index (χ0) is 54.1. The van der Waals surface area contributed by atoms with Crippen molar-refractivity contribution in [3.05, 3.63) is 72.9 Å². The van der Waals surface area contributed by atoms with Crippen LogP contribution in [0.3, 0.4) is 0 Å². The minimum atomic E-state index is -2.19. The molecule has 0 aromatic heterocycles. The molecule has 426 valence electrons. The van der Waals surface area contributed by atoms with Crippen LogP contribution in [0.4, 0.5) is 0 Å². The first kappa shape index (κ1) is 70.3. The third kappa shape index (κ3) is 49.2. The van der Waals surface area contributed by atoms with Crippen LogP contribution in [0, 0.1) is 0 Å². The van der Waals surface area contributed by atoms with Crippen molar-refractivity contribution in [2.45, 2.75) is 277 Å². The number of hydrogen-bond donors (Lipinski definition) is 0. The lowest BCUT2D eigenvalue weighted by Gasteiger charge is -2.30. The Kier molecular flexibility index (Phi) is 52.7. The Bertz CT molecular complexity index is 1430. The van der Waals surface area contributed by atoms with Crippen molar-refractivity contribution in [3.63, 3.8) is 0 Å². The van der Waals surface area contributed by atoms with E-state index in [1.54, 1.807) is 0 Å². The number of ether oxygens (including phenoxy) is 4. The van der Waals surface area contributed by atoms with Gasteiger partial charge in [0.05, 0.1) is 39.1 Å². The molecule has 0 N–H and O–H groups in total. The smallest absolute Gasteiger partial charge is 0.351 e. The fourth-order valence-corrected chi connectivity index (χ4v) is 8.41. The zero-order valence-corrected chi connectivity index (χ0v) is 48.5. The molecule has 0 saturated heterocycles. The van der Waals surface area contributed by atoms with Gasteiger partial charge in [-0.15, -0.1) is 0 Å². The van der Waals surface area contributed by atoms with Crippen molar-refractivity contribution in [1.82, 2.24) is 4.90 Å². The van der Waals surface area contributed by atoms with Gasteiger partial charge in [0.1, 0.15) is 0 Å². The van der Waals surface area contributed by atoms with Crippen LogP contribution in [0.5, 0.6) is 0 Å². The lowest BCUT2D eigenvalue weighted by Crippen LogP contribution is -2.49. The number of carbonyl (C=O) groups is 4. The lowest BCUT2D eigenvalue weighted by atomic mass is 9.94. The SMILES string of the molecule is CCCCC/C=C\C/C=C\CCCCCCCCOC(=O)CC(CC(=O)OCCCCCCCC/C=C\C/C=C\CCCCC)(OC(=O)CCN(C)C)C(=O)OCCCCCCCC/C=C\C/C=C\CCCCC. The molecule has 0 atom stereocenters. The van der Waals surface area contributed by atoms with Gasteiger partial charge in [0, 0.05) is 6.54 Å². The monoisotopic (exact) mass is 1040 g/mol. The number of rotatable bonds is 54. The molecule has 0 heterocycles. The first-order valence-corrected chi connectivity index (χ1v) is 30.5. The van der Waals surface area contributed by atoms with Gasteiger partial charge in [-0.25, -0.2) is 4.79 Å². The van der Waals surface area contributed by atoms with E-state index in [1.807, 2.05) is 19.0 Å². The summed E-state index contributed by atoms with van der Waals surface area (Å²) in [5, 5.41) is 0. The highest BCUT2D eigenvalue weighted by Crippen LogP contribution is 2.27. The van der Waals surface area contributed by atoms with Crippen molar-refractivity contribution in [2.24, 2.45) is 0 Å². The van der Waals surface area contributed by atoms with Crippen LogP contribution in [0.1, 0.15) is 271 Å². The number of esters is 4. The average Bonchev–Trinajstić information content (AvgIpc) is 3.38. The summed E-state index contributed by atoms with van der Waals surface area (Å²) in [6, 6.07) is 0. The number of allylic oxidation sites excluding steroid dienone is 12. The van der Waals surface area contributed by atoms with Gasteiger partial charge < -0.3 is 23.8 Å². The second-order valence-corrected chi connectivity index (χ2v) is 20.7. The van der Waals surface area contributed by atoms with Gasteiger partial charge in [-0.3, -0.25) is 14.4 Å². The molecule has 74 heavy (non-hydrogen) atoms. The Hall–Kier alpha value is -3.72. The quantitative estimate of drug-likeness (QED) is 0.0255. The molecule has 9 heteroatoms. The summed E-state index contributed by atoms with van der Waals surface area (Å²) in [6.07, 6.45) is 65.3. The molecule has 0 rings (SSSR count). The molecule has 0 aliphatic carbocycles. The van der Waals surface area contributed by atoms with Gasteiger partial charge in [-0.05, 0) is 130 Å². The summed E-state index contributed by atoms with van der Waals surface area (Å²) in [6.45, 7) is 7.51. The number of nitrogens with zero attached hydrogens (tertiary/aromatic N) is 1. The highest BCUT2D eigenvalue weighted by molar-refractivity contribution is 5.92. The molecule has 0 aliphatic rings. The molecule has 0 aromatic carbocycles. The maximum Gasteiger partial charge on any atom is 0.351 e. The van der Waals surface area contributed by atoms with E-state index in [9.17, 15) is 19.2 Å². The van der Waals surface area contributed by atoms with Crippen LogP contribution in [0.15, 0.2) is 72.9 Å². The summed E-state index contributed by atoms with van der Waals surface area (Å²) in [5.74, 6) is -3.02. The van der Waals surface area contributed by atoms with E-state index in [-0.39, 0.29) is 26.2 Å². The van der Waals surface area contributed by atoms with Crippen LogP contribution in [-0.2, 0) is 38.1 Å². The molecule has 0 unspecified atom stereocenters. The second-order valence-electron chi connectivity index (χ2n) is 20.7. The van der Waals surface area contributed by atoms with E-state index in [1.165, 1.54) is 77.0 Å². The number of hydrogen-bond acceptors (Lipinski definition) is 9. The Labute approximate surface area is 455 Å². The Morgan fingerprint density at radius 1 is 0.351 bits per heavy atom. The minimum absolute atomic E-state index is 0.0300. The first-order valence-electron chi connectivity index (χ1n) is 30.5. The van der Waals surface area contributed by atoms with Crippen LogP contribution in [-0.4, -0.2) is 74.8 Å². The van der Waals surface area contributed by atoms with Crippen molar-refractivity contribution >= 4 is 23.9 Å². The van der Waals surface area contributed by atoms with E-state index in [4.69, 9.17) is 18.9 Å². The van der Waals surface area contributed by atoms with Crippen molar-refractivity contribution < 1.29 is 38.1 Å². The van der Waals surface area contributed by atoms with Crippen LogP contribution >= 0.6 is 0 Å². The summed E-state index contributed by atoms with van der Waals surface area (Å²) in [4.78, 5) is 56.3. The van der Waals surface area contributed by atoms with E-state index in [2.05, 4.69) is 93.7 Å². The van der Waals surface area contributed by atoms with Crippen LogP contribution in [0.2, 0.25) is 0 Å². The lowest BCUT2D eigenvalue weighted by molar-refractivity contribution is -0.191. The van der Waals surface area contributed by atoms with Gasteiger partial charge in [0.2, 0.25) is 5.60 Å². The Morgan fingerprint density at radius 3 is 0.946 bits per heavy atom. The van der Waals surface area contributed by atoms with Gasteiger partial charge in [0.25, 0.3) is 0 Å². The van der Waals surface area contributed by atoms with Gasteiger partial charge >= 0.3 is 23.9 Å². The van der Waals surface area contributed by atoms with Gasteiger partial charge in [0.15, 0.2) is 0 Å². The van der Waals surface area contributed by atoms with Gasteiger partial charge in [-0.2, -0.15) is 0 Å². The maximum absolute atomic E-state index is 14.1. The number of carbonyl (C=O) groups excluding carboxylic acids is 4. The van der Waals surface area contributed by atoms with E-state index in [0.717, 1.165) is 135 Å². The summed E-state index contributed by atoms with van der Waals surface area (Å²) in [5.41, 5.74) is -2.19.